The number of anilines is 1. The smallest absolute Gasteiger partial charge is 0.253 e. The number of benzene rings is 1. The zero-order valence-electron chi connectivity index (χ0n) is 23.1. The Hall–Kier alpha value is -3.62. The lowest BCUT2D eigenvalue weighted by Gasteiger charge is -2.34. The second-order valence-corrected chi connectivity index (χ2v) is 11.9. The molecule has 2 aromatic heterocycles. The number of amides is 1. The van der Waals surface area contributed by atoms with Gasteiger partial charge in [-0.3, -0.25) is 9.18 Å². The summed E-state index contributed by atoms with van der Waals surface area (Å²) in [6.45, 7) is 9.91. The van der Waals surface area contributed by atoms with Crippen LogP contribution in [0.5, 0.6) is 0 Å². The maximum absolute atomic E-state index is 13.7. The topological polar surface area (TPSA) is 98.2 Å². The number of fused-ring (bicyclic) bond motifs is 2. The minimum absolute atomic E-state index is 0.00559. The first-order valence-electron chi connectivity index (χ1n) is 14.4. The average Bonchev–Trinajstić information content (AvgIpc) is 3.35. The molecule has 210 valence electrons. The van der Waals surface area contributed by atoms with E-state index in [1.807, 2.05) is 24.3 Å². The highest BCUT2D eigenvalue weighted by atomic mass is 19.1. The van der Waals surface area contributed by atoms with Crippen molar-refractivity contribution >= 4 is 17.2 Å². The van der Waals surface area contributed by atoms with Crippen LogP contribution in [-0.4, -0.2) is 39.4 Å². The zero-order chi connectivity index (χ0) is 27.9. The highest BCUT2D eigenvalue weighted by Crippen LogP contribution is 2.62. The van der Waals surface area contributed by atoms with Gasteiger partial charge in [-0.15, -0.1) is 0 Å². The molecule has 0 radical (unpaired) electrons. The molecule has 3 aliphatic carbocycles. The van der Waals surface area contributed by atoms with Crippen LogP contribution in [-0.2, 0) is 10.2 Å². The summed E-state index contributed by atoms with van der Waals surface area (Å²) in [7, 11) is 0. The molecule has 0 unspecified atom stereocenters. The molecule has 0 saturated heterocycles. The number of rotatable bonds is 12. The number of carbonyl (C=O) groups is 1. The third kappa shape index (κ3) is 4.90. The molecule has 2 bridgehead atoms. The van der Waals surface area contributed by atoms with E-state index in [4.69, 9.17) is 14.0 Å². The number of allylic oxidation sites excluding steroid dienone is 1. The zero-order valence-corrected chi connectivity index (χ0v) is 23.1. The monoisotopic (exact) mass is 545 g/mol. The number of hydrogen-bond donors (Lipinski definition) is 0. The fraction of sp³-hybridized carbons (Fsp3) is 0.516. The normalized spacial score (nSPS) is 23.4. The van der Waals surface area contributed by atoms with Crippen molar-refractivity contribution in [3.63, 3.8) is 0 Å². The number of alkyl halides is 1. The molecular weight excluding hydrogens is 509 g/mol. The lowest BCUT2D eigenvalue weighted by Crippen LogP contribution is -2.40. The minimum Gasteiger partial charge on any atom is -0.339 e. The van der Waals surface area contributed by atoms with Crippen molar-refractivity contribution in [2.24, 2.45) is 5.41 Å². The van der Waals surface area contributed by atoms with Crippen LogP contribution in [0.3, 0.4) is 0 Å². The number of hydrogen-bond acceptors (Lipinski definition) is 7. The SMILES string of the molecule is C=C(CCF)C(=O)N(CC12CCC(c3nc(C4CC4)no3)(CC1)C2)c1cccc(-c2noc(C(=C)CCC)n2)c1. The van der Waals surface area contributed by atoms with E-state index in [2.05, 4.69) is 35.4 Å². The van der Waals surface area contributed by atoms with Crippen molar-refractivity contribution in [1.82, 2.24) is 20.3 Å². The Kier molecular flexibility index (Phi) is 6.92. The van der Waals surface area contributed by atoms with Crippen LogP contribution in [0.1, 0.15) is 94.7 Å². The van der Waals surface area contributed by atoms with Gasteiger partial charge >= 0.3 is 0 Å². The molecule has 3 fully saturated rings. The summed E-state index contributed by atoms with van der Waals surface area (Å²) in [4.78, 5) is 24.8. The first-order valence-corrected chi connectivity index (χ1v) is 14.4. The Morgan fingerprint density at radius 2 is 1.90 bits per heavy atom. The van der Waals surface area contributed by atoms with Crippen molar-refractivity contribution in [3.8, 4) is 11.4 Å². The molecule has 2 heterocycles. The Bertz CT molecular complexity index is 1430. The Morgan fingerprint density at radius 3 is 2.62 bits per heavy atom. The quantitative estimate of drug-likeness (QED) is 0.227. The van der Waals surface area contributed by atoms with Gasteiger partial charge in [-0.2, -0.15) is 9.97 Å². The maximum Gasteiger partial charge on any atom is 0.253 e. The highest BCUT2D eigenvalue weighted by Gasteiger charge is 2.58. The van der Waals surface area contributed by atoms with Gasteiger partial charge in [0.05, 0.1) is 12.1 Å². The van der Waals surface area contributed by atoms with Gasteiger partial charge < -0.3 is 13.9 Å². The Labute approximate surface area is 233 Å². The molecule has 0 aliphatic heterocycles. The average molecular weight is 546 g/mol. The molecule has 40 heavy (non-hydrogen) atoms. The van der Waals surface area contributed by atoms with Crippen LogP contribution < -0.4 is 4.90 Å². The maximum atomic E-state index is 13.7. The largest absolute Gasteiger partial charge is 0.339 e. The Balaban J connectivity index is 1.27. The fourth-order valence-corrected chi connectivity index (χ4v) is 6.52. The third-order valence-corrected chi connectivity index (χ3v) is 8.95. The number of carbonyl (C=O) groups excluding carboxylic acids is 1. The first-order chi connectivity index (χ1) is 19.4. The summed E-state index contributed by atoms with van der Waals surface area (Å²) in [5, 5.41) is 8.44. The number of nitrogens with zero attached hydrogens (tertiary/aromatic N) is 5. The molecule has 8 nitrogen and oxygen atoms in total. The molecule has 3 aliphatic rings. The van der Waals surface area contributed by atoms with Crippen molar-refractivity contribution in [1.29, 1.82) is 0 Å². The predicted octanol–water partition coefficient (Wildman–Crippen LogP) is 6.96. The molecule has 0 spiro atoms. The van der Waals surface area contributed by atoms with Crippen LogP contribution in [0, 0.1) is 5.41 Å². The van der Waals surface area contributed by atoms with E-state index in [0.717, 1.165) is 80.6 Å². The van der Waals surface area contributed by atoms with Crippen LogP contribution in [0.25, 0.3) is 17.0 Å². The van der Waals surface area contributed by atoms with Gasteiger partial charge in [0, 0.05) is 41.3 Å². The third-order valence-electron chi connectivity index (χ3n) is 8.95. The standard InChI is InChI=1S/C31H36FN5O3/c1-4-6-20(2)27-33-26(35-39-27)23-7-5-8-24(17-23)37(28(38)21(3)11-16-32)19-30-12-14-31(18-30,15-13-30)29-34-25(36-40-29)22-9-10-22/h5,7-8,17,22H,2-4,6,9-16,18-19H2,1H3. The van der Waals surface area contributed by atoms with Crippen molar-refractivity contribution in [2.45, 2.75) is 82.5 Å². The van der Waals surface area contributed by atoms with Gasteiger partial charge in [-0.25, -0.2) is 0 Å². The van der Waals surface area contributed by atoms with E-state index in [1.165, 1.54) is 0 Å². The summed E-state index contributed by atoms with van der Waals surface area (Å²) in [6.07, 6.45) is 8.70. The molecule has 3 saturated carbocycles. The lowest BCUT2D eigenvalue weighted by atomic mass is 9.81. The molecule has 3 aromatic rings. The summed E-state index contributed by atoms with van der Waals surface area (Å²) in [5.41, 5.74) is 2.27. The van der Waals surface area contributed by atoms with E-state index in [1.54, 1.807) is 4.90 Å². The van der Waals surface area contributed by atoms with Crippen LogP contribution in [0.15, 0.2) is 52.0 Å². The second kappa shape index (κ2) is 10.4. The molecule has 1 amide bonds. The lowest BCUT2D eigenvalue weighted by molar-refractivity contribution is -0.115. The Morgan fingerprint density at radius 1 is 1.10 bits per heavy atom. The second-order valence-electron chi connectivity index (χ2n) is 11.9. The van der Waals surface area contributed by atoms with Crippen molar-refractivity contribution in [3.05, 3.63) is 60.6 Å². The molecule has 0 N–H and O–H groups in total. The van der Waals surface area contributed by atoms with Crippen LogP contribution in [0.4, 0.5) is 10.1 Å². The van der Waals surface area contributed by atoms with E-state index in [-0.39, 0.29) is 28.7 Å². The van der Waals surface area contributed by atoms with Gasteiger partial charge in [0.25, 0.3) is 11.8 Å². The van der Waals surface area contributed by atoms with Gasteiger partial charge in [-0.05, 0) is 68.9 Å². The van der Waals surface area contributed by atoms with Crippen LogP contribution >= 0.6 is 0 Å². The van der Waals surface area contributed by atoms with Gasteiger partial charge in [0.2, 0.25) is 11.7 Å². The molecule has 0 atom stereocenters. The fourth-order valence-electron chi connectivity index (χ4n) is 6.52. The summed E-state index contributed by atoms with van der Waals surface area (Å²) >= 11 is 0. The summed E-state index contributed by atoms with van der Waals surface area (Å²) < 4.78 is 24.5. The highest BCUT2D eigenvalue weighted by molar-refractivity contribution is 6.05. The first kappa shape index (κ1) is 26.6. The predicted molar refractivity (Wildman–Crippen MR) is 149 cm³/mol. The minimum atomic E-state index is -0.625. The molecule has 9 heteroatoms. The van der Waals surface area contributed by atoms with Crippen LogP contribution in [0.2, 0.25) is 0 Å². The van der Waals surface area contributed by atoms with E-state index in [9.17, 15) is 9.18 Å². The molecule has 6 rings (SSSR count). The van der Waals surface area contributed by atoms with Gasteiger partial charge in [-0.1, -0.05) is 48.9 Å². The summed E-state index contributed by atoms with van der Waals surface area (Å²) in [5.74, 6) is 2.65. The van der Waals surface area contributed by atoms with Gasteiger partial charge in [0.1, 0.15) is 0 Å². The van der Waals surface area contributed by atoms with Gasteiger partial charge in [0.15, 0.2) is 5.82 Å². The molecular formula is C31H36FN5O3. The van der Waals surface area contributed by atoms with E-state index >= 15 is 0 Å². The number of halogens is 1. The molecule has 1 aromatic carbocycles. The van der Waals surface area contributed by atoms with E-state index < -0.39 is 6.67 Å². The van der Waals surface area contributed by atoms with Crippen molar-refractivity contribution in [2.75, 3.05) is 18.1 Å². The van der Waals surface area contributed by atoms with E-state index in [0.29, 0.717) is 29.9 Å². The summed E-state index contributed by atoms with van der Waals surface area (Å²) in [6, 6.07) is 7.56. The van der Waals surface area contributed by atoms with Crippen molar-refractivity contribution < 1.29 is 18.2 Å². The number of aromatic nitrogens is 4.